The first-order chi connectivity index (χ1) is 10.8. The molecule has 1 atom stereocenters. The van der Waals surface area contributed by atoms with E-state index in [9.17, 15) is 14.7 Å². The van der Waals surface area contributed by atoms with Crippen LogP contribution in [0.2, 0.25) is 0 Å². The molecule has 0 saturated carbocycles. The molecule has 0 aliphatic carbocycles. The van der Waals surface area contributed by atoms with Gasteiger partial charge in [-0.25, -0.2) is 0 Å². The van der Waals surface area contributed by atoms with Crippen molar-refractivity contribution in [1.29, 1.82) is 0 Å². The predicted molar refractivity (Wildman–Crippen MR) is 86.7 cm³/mol. The Morgan fingerprint density at radius 1 is 1.35 bits per heavy atom. The second kappa shape index (κ2) is 5.74. The number of aliphatic carboxylic acids is 1. The number of carbonyl (C=O) groups excluding carboxylic acids is 1. The number of amides is 1. The molecule has 2 fully saturated rings. The summed E-state index contributed by atoms with van der Waals surface area (Å²) in [5, 5.41) is 19.9. The van der Waals surface area contributed by atoms with Gasteiger partial charge in [0.25, 0.3) is 0 Å². The van der Waals surface area contributed by atoms with Crippen LogP contribution in [0, 0.1) is 5.92 Å². The van der Waals surface area contributed by atoms with Gasteiger partial charge in [-0.3, -0.25) is 9.59 Å². The van der Waals surface area contributed by atoms with Gasteiger partial charge in [0.05, 0.1) is 11.5 Å². The van der Waals surface area contributed by atoms with Crippen LogP contribution in [0.15, 0.2) is 0 Å². The first-order valence-electron chi connectivity index (χ1n) is 7.93. The Labute approximate surface area is 139 Å². The van der Waals surface area contributed by atoms with Crippen molar-refractivity contribution in [2.24, 2.45) is 5.92 Å². The summed E-state index contributed by atoms with van der Waals surface area (Å²) < 4.78 is 0. The zero-order chi connectivity index (χ0) is 16.8. The summed E-state index contributed by atoms with van der Waals surface area (Å²) in [6.07, 6.45) is 1.42. The molecule has 1 N–H and O–H groups in total. The van der Waals surface area contributed by atoms with Crippen molar-refractivity contribution in [3.63, 3.8) is 0 Å². The number of nitrogens with zero attached hydrogens (tertiary/aromatic N) is 4. The Morgan fingerprint density at radius 2 is 2.00 bits per heavy atom. The number of hydrogen-bond donors (Lipinski definition) is 1. The van der Waals surface area contributed by atoms with E-state index in [4.69, 9.17) is 0 Å². The van der Waals surface area contributed by atoms with Gasteiger partial charge in [-0.15, -0.1) is 10.2 Å². The lowest BCUT2D eigenvalue weighted by atomic mass is 9.77. The Balaban J connectivity index is 1.76. The molecule has 2 saturated heterocycles. The fourth-order valence-corrected chi connectivity index (χ4v) is 4.56. The molecule has 1 spiro atoms. The Morgan fingerprint density at radius 3 is 2.52 bits per heavy atom. The van der Waals surface area contributed by atoms with Crippen LogP contribution in [0.5, 0.6) is 0 Å². The number of carboxylic acids is 1. The van der Waals surface area contributed by atoms with Crippen LogP contribution in [-0.4, -0.2) is 57.8 Å². The highest BCUT2D eigenvalue weighted by atomic mass is 32.1. The molecular formula is C15H22N4O3S. The highest BCUT2D eigenvalue weighted by Crippen LogP contribution is 2.43. The van der Waals surface area contributed by atoms with Crippen molar-refractivity contribution in [3.8, 4) is 0 Å². The van der Waals surface area contributed by atoms with Gasteiger partial charge < -0.3 is 14.9 Å². The first kappa shape index (κ1) is 16.2. The molecule has 0 aromatic carbocycles. The van der Waals surface area contributed by atoms with Gasteiger partial charge in [-0.2, -0.15) is 0 Å². The van der Waals surface area contributed by atoms with Gasteiger partial charge in [0.15, 0.2) is 0 Å². The normalized spacial score (nSPS) is 24.0. The zero-order valence-corrected chi connectivity index (χ0v) is 14.5. The molecule has 2 aliphatic heterocycles. The van der Waals surface area contributed by atoms with Crippen LogP contribution >= 0.6 is 11.3 Å². The molecule has 3 rings (SSSR count). The quantitative estimate of drug-likeness (QED) is 0.900. The van der Waals surface area contributed by atoms with Crippen molar-refractivity contribution in [1.82, 2.24) is 15.1 Å². The molecular weight excluding hydrogens is 316 g/mol. The summed E-state index contributed by atoms with van der Waals surface area (Å²) in [5.41, 5.74) is -0.551. The van der Waals surface area contributed by atoms with Gasteiger partial charge in [0, 0.05) is 32.5 Å². The Kier molecular flexibility index (Phi) is 4.03. The second-order valence-corrected chi connectivity index (χ2v) is 7.70. The maximum absolute atomic E-state index is 12.0. The minimum absolute atomic E-state index is 0.0659. The van der Waals surface area contributed by atoms with E-state index in [1.807, 2.05) is 0 Å². The monoisotopic (exact) mass is 338 g/mol. The van der Waals surface area contributed by atoms with Crippen molar-refractivity contribution >= 4 is 28.3 Å². The third kappa shape index (κ3) is 2.58. The first-order valence-corrected chi connectivity index (χ1v) is 8.74. The van der Waals surface area contributed by atoms with Gasteiger partial charge in [-0.1, -0.05) is 25.2 Å². The van der Waals surface area contributed by atoms with E-state index in [1.165, 1.54) is 0 Å². The largest absolute Gasteiger partial charge is 0.481 e. The molecule has 0 radical (unpaired) electrons. The highest BCUT2D eigenvalue weighted by molar-refractivity contribution is 7.15. The average Bonchev–Trinajstić information content (AvgIpc) is 3.09. The van der Waals surface area contributed by atoms with Crippen molar-refractivity contribution in [2.45, 2.75) is 44.6 Å². The van der Waals surface area contributed by atoms with E-state index in [0.29, 0.717) is 31.8 Å². The van der Waals surface area contributed by atoms with E-state index in [0.717, 1.165) is 10.1 Å². The maximum Gasteiger partial charge on any atom is 0.309 e. The summed E-state index contributed by atoms with van der Waals surface area (Å²) in [7, 11) is 1.74. The third-order valence-electron chi connectivity index (χ3n) is 5.19. The molecule has 1 aromatic heterocycles. The number of anilines is 1. The van der Waals surface area contributed by atoms with E-state index < -0.39 is 17.4 Å². The summed E-state index contributed by atoms with van der Waals surface area (Å²) >= 11 is 1.59. The molecule has 8 heteroatoms. The number of carboxylic acid groups (broad SMARTS) is 1. The molecule has 1 aromatic rings. The lowest BCUT2D eigenvalue weighted by Crippen LogP contribution is -2.56. The topological polar surface area (TPSA) is 86.6 Å². The second-order valence-electron chi connectivity index (χ2n) is 6.72. The van der Waals surface area contributed by atoms with Crippen LogP contribution in [0.4, 0.5) is 5.13 Å². The van der Waals surface area contributed by atoms with E-state index in [-0.39, 0.29) is 12.3 Å². The smallest absolute Gasteiger partial charge is 0.309 e. The number of carbonyl (C=O) groups is 2. The third-order valence-corrected chi connectivity index (χ3v) is 6.48. The predicted octanol–water partition coefficient (Wildman–Crippen LogP) is 1.56. The molecule has 0 bridgehead atoms. The van der Waals surface area contributed by atoms with Gasteiger partial charge in [0.2, 0.25) is 11.0 Å². The summed E-state index contributed by atoms with van der Waals surface area (Å²) in [5.74, 6) is -1.19. The number of rotatable bonds is 3. The van der Waals surface area contributed by atoms with E-state index in [1.54, 1.807) is 23.3 Å². The van der Waals surface area contributed by atoms with Gasteiger partial charge in [0.1, 0.15) is 5.01 Å². The summed E-state index contributed by atoms with van der Waals surface area (Å²) in [6, 6.07) is 0. The van der Waals surface area contributed by atoms with Crippen LogP contribution in [0.3, 0.4) is 0 Å². The van der Waals surface area contributed by atoms with Crippen LogP contribution in [-0.2, 0) is 9.59 Å². The number of hydrogen-bond acceptors (Lipinski definition) is 6. The summed E-state index contributed by atoms with van der Waals surface area (Å²) in [4.78, 5) is 27.4. The van der Waals surface area contributed by atoms with E-state index >= 15 is 0 Å². The van der Waals surface area contributed by atoms with Gasteiger partial charge in [-0.05, 0) is 12.8 Å². The Hall–Kier alpha value is -1.70. The minimum atomic E-state index is -0.867. The maximum atomic E-state index is 12.0. The standard InChI is InChI=1S/C15H22N4O3S/c1-9(2)12-16-17-14(23-12)19-6-4-15(5-7-19)10(13(21)22)8-11(20)18(15)3/h9-10H,4-8H2,1-3H3,(H,21,22)/t10-/m1/s1. The molecule has 1 amide bonds. The van der Waals surface area contributed by atoms with Crippen molar-refractivity contribution in [3.05, 3.63) is 5.01 Å². The molecule has 0 unspecified atom stereocenters. The molecule has 3 heterocycles. The van der Waals surface area contributed by atoms with Crippen molar-refractivity contribution in [2.75, 3.05) is 25.0 Å². The minimum Gasteiger partial charge on any atom is -0.481 e. The summed E-state index contributed by atoms with van der Waals surface area (Å²) in [6.45, 7) is 5.58. The fourth-order valence-electron chi connectivity index (χ4n) is 3.66. The SMILES string of the molecule is CC(C)c1nnc(N2CCC3(CC2)[C@@H](C(=O)O)CC(=O)N3C)s1. The van der Waals surface area contributed by atoms with Crippen molar-refractivity contribution < 1.29 is 14.7 Å². The Bertz CT molecular complexity index is 622. The van der Waals surface area contributed by atoms with Crippen LogP contribution in [0.25, 0.3) is 0 Å². The number of piperidine rings is 1. The van der Waals surface area contributed by atoms with Crippen LogP contribution in [0.1, 0.15) is 44.0 Å². The molecule has 2 aliphatic rings. The number of likely N-dealkylation sites (tertiary alicyclic amines) is 1. The van der Waals surface area contributed by atoms with Crippen LogP contribution < -0.4 is 4.90 Å². The lowest BCUT2D eigenvalue weighted by molar-refractivity contribution is -0.145. The lowest BCUT2D eigenvalue weighted by Gasteiger charge is -2.45. The van der Waals surface area contributed by atoms with E-state index in [2.05, 4.69) is 28.9 Å². The molecule has 126 valence electrons. The molecule has 7 nitrogen and oxygen atoms in total. The number of aromatic nitrogens is 2. The molecule has 23 heavy (non-hydrogen) atoms. The highest BCUT2D eigenvalue weighted by Gasteiger charge is 2.55. The fraction of sp³-hybridized carbons (Fsp3) is 0.733. The average molecular weight is 338 g/mol. The van der Waals surface area contributed by atoms with Gasteiger partial charge >= 0.3 is 5.97 Å². The zero-order valence-electron chi connectivity index (χ0n) is 13.7.